The molecule has 1 unspecified atom stereocenters. The van der Waals surface area contributed by atoms with Gasteiger partial charge in [0.05, 0.1) is 17.2 Å². The lowest BCUT2D eigenvalue weighted by Crippen LogP contribution is -2.33. The van der Waals surface area contributed by atoms with E-state index in [1.807, 2.05) is 31.2 Å². The van der Waals surface area contributed by atoms with Crippen molar-refractivity contribution in [1.29, 1.82) is 5.26 Å². The fraction of sp³-hybridized carbons (Fsp3) is 0.300. The maximum absolute atomic E-state index is 13.1. The zero-order chi connectivity index (χ0) is 19.6. The summed E-state index contributed by atoms with van der Waals surface area (Å²) in [4.78, 5) is 14.3. The topological polar surface area (TPSA) is 56.1 Å². The second-order valence-corrected chi connectivity index (χ2v) is 6.60. The van der Waals surface area contributed by atoms with Crippen LogP contribution in [0.4, 0.5) is 18.9 Å². The van der Waals surface area contributed by atoms with E-state index in [0.29, 0.717) is 19.5 Å². The molecule has 2 aromatic rings. The Hall–Kier alpha value is -3.01. The molecule has 2 aromatic carbocycles. The summed E-state index contributed by atoms with van der Waals surface area (Å²) in [7, 11) is 0. The molecule has 1 fully saturated rings. The highest BCUT2D eigenvalue weighted by molar-refractivity contribution is 5.86. The first kappa shape index (κ1) is 18.8. The highest BCUT2D eigenvalue weighted by atomic mass is 19.4. The van der Waals surface area contributed by atoms with E-state index in [2.05, 4.69) is 5.32 Å². The first-order chi connectivity index (χ1) is 12.8. The third kappa shape index (κ3) is 4.22. The Labute approximate surface area is 155 Å². The summed E-state index contributed by atoms with van der Waals surface area (Å²) in [6.45, 7) is 2.99. The molecule has 140 valence electrons. The fourth-order valence-corrected chi connectivity index (χ4v) is 3.11. The number of aryl methyl sites for hydroxylation is 1. The van der Waals surface area contributed by atoms with Crippen molar-refractivity contribution in [2.45, 2.75) is 32.1 Å². The van der Waals surface area contributed by atoms with Crippen LogP contribution < -0.4 is 5.32 Å². The van der Waals surface area contributed by atoms with E-state index >= 15 is 0 Å². The molecule has 0 spiro atoms. The van der Waals surface area contributed by atoms with Gasteiger partial charge in [0.1, 0.15) is 6.04 Å². The van der Waals surface area contributed by atoms with Gasteiger partial charge in [-0.1, -0.05) is 29.8 Å². The molecule has 0 aliphatic carbocycles. The number of rotatable bonds is 4. The first-order valence-electron chi connectivity index (χ1n) is 8.50. The van der Waals surface area contributed by atoms with Gasteiger partial charge in [0, 0.05) is 18.8 Å². The number of anilines is 1. The molecule has 1 amide bonds. The van der Waals surface area contributed by atoms with Gasteiger partial charge >= 0.3 is 6.18 Å². The van der Waals surface area contributed by atoms with Gasteiger partial charge in [-0.15, -0.1) is 0 Å². The van der Waals surface area contributed by atoms with Crippen LogP contribution in [0.3, 0.4) is 0 Å². The van der Waals surface area contributed by atoms with E-state index in [-0.39, 0.29) is 11.6 Å². The highest BCUT2D eigenvalue weighted by Gasteiger charge is 2.35. The zero-order valence-electron chi connectivity index (χ0n) is 14.7. The number of nitriles is 1. The van der Waals surface area contributed by atoms with Crippen molar-refractivity contribution in [3.63, 3.8) is 0 Å². The van der Waals surface area contributed by atoms with Crippen molar-refractivity contribution >= 4 is 11.6 Å². The molecule has 7 heteroatoms. The van der Waals surface area contributed by atoms with Crippen LogP contribution in [0.15, 0.2) is 42.5 Å². The molecule has 1 atom stereocenters. The van der Waals surface area contributed by atoms with Crippen molar-refractivity contribution in [2.24, 2.45) is 0 Å². The van der Waals surface area contributed by atoms with Gasteiger partial charge in [0.25, 0.3) is 0 Å². The van der Waals surface area contributed by atoms with Gasteiger partial charge in [-0.3, -0.25) is 4.79 Å². The summed E-state index contributed by atoms with van der Waals surface area (Å²) in [5.41, 5.74) is 0.875. The molecular weight excluding hydrogens is 355 g/mol. The van der Waals surface area contributed by atoms with E-state index in [4.69, 9.17) is 5.26 Å². The van der Waals surface area contributed by atoms with Crippen molar-refractivity contribution in [2.75, 3.05) is 11.9 Å². The minimum atomic E-state index is -4.63. The summed E-state index contributed by atoms with van der Waals surface area (Å²) in [5, 5.41) is 11.7. The zero-order valence-corrected chi connectivity index (χ0v) is 14.7. The molecule has 3 rings (SSSR count). The minimum absolute atomic E-state index is 0.145. The Morgan fingerprint density at radius 3 is 2.56 bits per heavy atom. The van der Waals surface area contributed by atoms with Crippen LogP contribution in [0.1, 0.15) is 28.7 Å². The van der Waals surface area contributed by atoms with E-state index in [0.717, 1.165) is 23.3 Å². The Morgan fingerprint density at radius 1 is 1.22 bits per heavy atom. The summed E-state index contributed by atoms with van der Waals surface area (Å²) in [5.74, 6) is -0.145. The quantitative estimate of drug-likeness (QED) is 0.878. The number of benzene rings is 2. The lowest BCUT2D eigenvalue weighted by molar-refractivity contribution is -0.137. The molecule has 1 aliphatic heterocycles. The van der Waals surface area contributed by atoms with E-state index in [1.165, 1.54) is 6.07 Å². The van der Waals surface area contributed by atoms with Crippen LogP contribution in [-0.4, -0.2) is 23.4 Å². The molecule has 1 heterocycles. The molecule has 0 aromatic heterocycles. The van der Waals surface area contributed by atoms with Crippen molar-refractivity contribution in [3.05, 3.63) is 64.7 Å². The average Bonchev–Trinajstić information content (AvgIpc) is 2.96. The van der Waals surface area contributed by atoms with Crippen molar-refractivity contribution < 1.29 is 18.0 Å². The SMILES string of the molecule is Cc1ccc(CN2CCC(Nc3ccc(C#N)c(C(F)(F)F)c3)C2=O)cc1. The number of hydrogen-bond acceptors (Lipinski definition) is 3. The fourth-order valence-electron chi connectivity index (χ4n) is 3.11. The predicted molar refractivity (Wildman–Crippen MR) is 94.8 cm³/mol. The van der Waals surface area contributed by atoms with Crippen LogP contribution in [0.25, 0.3) is 0 Å². The van der Waals surface area contributed by atoms with Crippen LogP contribution in [0.5, 0.6) is 0 Å². The minimum Gasteiger partial charge on any atom is -0.374 e. The summed E-state index contributed by atoms with van der Waals surface area (Å²) < 4.78 is 39.3. The number of nitrogens with zero attached hydrogens (tertiary/aromatic N) is 2. The average molecular weight is 373 g/mol. The largest absolute Gasteiger partial charge is 0.417 e. The van der Waals surface area contributed by atoms with Gasteiger partial charge < -0.3 is 10.2 Å². The smallest absolute Gasteiger partial charge is 0.374 e. The Balaban J connectivity index is 1.71. The molecule has 27 heavy (non-hydrogen) atoms. The second-order valence-electron chi connectivity index (χ2n) is 6.60. The highest BCUT2D eigenvalue weighted by Crippen LogP contribution is 2.34. The van der Waals surface area contributed by atoms with Gasteiger partial charge in [0.15, 0.2) is 0 Å². The Bertz CT molecular complexity index is 885. The lowest BCUT2D eigenvalue weighted by Gasteiger charge is -2.18. The van der Waals surface area contributed by atoms with Gasteiger partial charge in [-0.2, -0.15) is 18.4 Å². The van der Waals surface area contributed by atoms with E-state index in [1.54, 1.807) is 11.0 Å². The Kier molecular flexibility index (Phi) is 5.08. The number of halogens is 3. The molecule has 1 aliphatic rings. The van der Waals surface area contributed by atoms with E-state index in [9.17, 15) is 18.0 Å². The molecular formula is C20H18F3N3O. The summed E-state index contributed by atoms with van der Waals surface area (Å²) in [6.07, 6.45) is -4.12. The van der Waals surface area contributed by atoms with Gasteiger partial charge in [-0.25, -0.2) is 0 Å². The number of carbonyl (C=O) groups is 1. The van der Waals surface area contributed by atoms with Crippen LogP contribution in [0, 0.1) is 18.3 Å². The van der Waals surface area contributed by atoms with Crippen molar-refractivity contribution in [3.8, 4) is 6.07 Å². The number of amides is 1. The lowest BCUT2D eigenvalue weighted by atomic mass is 10.1. The van der Waals surface area contributed by atoms with Gasteiger partial charge in [-0.05, 0) is 37.1 Å². The van der Waals surface area contributed by atoms with Crippen molar-refractivity contribution in [1.82, 2.24) is 4.90 Å². The number of carbonyl (C=O) groups excluding carboxylic acids is 1. The number of likely N-dealkylation sites (tertiary alicyclic amines) is 1. The Morgan fingerprint density at radius 2 is 1.93 bits per heavy atom. The van der Waals surface area contributed by atoms with Gasteiger partial charge in [0.2, 0.25) is 5.91 Å². The molecule has 1 saturated heterocycles. The third-order valence-electron chi connectivity index (χ3n) is 4.58. The predicted octanol–water partition coefficient (Wildman–Crippen LogP) is 4.10. The number of hydrogen-bond donors (Lipinski definition) is 1. The molecule has 4 nitrogen and oxygen atoms in total. The maximum atomic E-state index is 13.1. The number of nitrogens with one attached hydrogen (secondary N) is 1. The maximum Gasteiger partial charge on any atom is 0.417 e. The second kappa shape index (κ2) is 7.31. The van der Waals surface area contributed by atoms with Crippen LogP contribution >= 0.6 is 0 Å². The molecule has 0 bridgehead atoms. The summed E-state index contributed by atoms with van der Waals surface area (Å²) >= 11 is 0. The summed E-state index contributed by atoms with van der Waals surface area (Å²) in [6, 6.07) is 12.2. The standard InChI is InChI=1S/C20H18F3N3O/c1-13-2-4-14(5-3-13)12-26-9-8-18(19(26)27)25-16-7-6-15(11-24)17(10-16)20(21,22)23/h2-7,10,18,25H,8-9,12H2,1H3. The van der Waals surface area contributed by atoms with Crippen LogP contribution in [-0.2, 0) is 17.5 Å². The van der Waals surface area contributed by atoms with E-state index < -0.39 is 23.3 Å². The molecule has 1 N–H and O–H groups in total. The molecule has 0 saturated carbocycles. The van der Waals surface area contributed by atoms with Crippen LogP contribution in [0.2, 0.25) is 0 Å². The monoisotopic (exact) mass is 373 g/mol. The number of alkyl halides is 3. The third-order valence-corrected chi connectivity index (χ3v) is 4.58. The normalized spacial score (nSPS) is 17.1. The molecule has 0 radical (unpaired) electrons. The first-order valence-corrected chi connectivity index (χ1v) is 8.50.